The highest BCUT2D eigenvalue weighted by molar-refractivity contribution is 7.14. The Morgan fingerprint density at radius 1 is 0.970 bits per heavy atom. The molecule has 9 nitrogen and oxygen atoms in total. The Morgan fingerprint density at radius 3 is 2.15 bits per heavy atom. The summed E-state index contributed by atoms with van der Waals surface area (Å²) in [7, 11) is 0. The van der Waals surface area contributed by atoms with Crippen LogP contribution in [0.3, 0.4) is 0 Å². The summed E-state index contributed by atoms with van der Waals surface area (Å²) >= 11 is 1.14. The predicted octanol–water partition coefficient (Wildman–Crippen LogP) is 3.81. The second-order valence-corrected chi connectivity index (χ2v) is 7.85. The summed E-state index contributed by atoms with van der Waals surface area (Å²) in [5.41, 5.74) is 0.336. The first-order valence-electron chi connectivity index (χ1n) is 9.76. The quantitative estimate of drug-likeness (QED) is 0.295. The van der Waals surface area contributed by atoms with Crippen molar-refractivity contribution in [1.82, 2.24) is 15.3 Å². The number of anilines is 1. The summed E-state index contributed by atoms with van der Waals surface area (Å²) in [5.74, 6) is -2.61. The smallest absolute Gasteiger partial charge is 0.358 e. The number of nitrogens with zero attached hydrogens (tertiary/aromatic N) is 1. The van der Waals surface area contributed by atoms with Gasteiger partial charge in [0.15, 0.2) is 11.5 Å². The first-order valence-corrected chi connectivity index (χ1v) is 10.6. The summed E-state index contributed by atoms with van der Waals surface area (Å²) in [5, 5.41) is 26.2. The van der Waals surface area contributed by atoms with Gasteiger partial charge in [0.1, 0.15) is 0 Å². The van der Waals surface area contributed by atoms with Crippen molar-refractivity contribution < 1.29 is 19.8 Å². The molecule has 0 saturated carbocycles. The van der Waals surface area contributed by atoms with E-state index >= 15 is 0 Å². The normalized spacial score (nSPS) is 10.7. The number of benzene rings is 2. The molecule has 0 radical (unpaired) electrons. The highest BCUT2D eigenvalue weighted by Crippen LogP contribution is 2.32. The third-order valence-electron chi connectivity index (χ3n) is 4.77. The van der Waals surface area contributed by atoms with E-state index in [1.807, 2.05) is 60.7 Å². The predicted molar refractivity (Wildman–Crippen MR) is 124 cm³/mol. The number of H-pyrrole nitrogens is 1. The van der Waals surface area contributed by atoms with Gasteiger partial charge in [-0.2, -0.15) is 0 Å². The maximum absolute atomic E-state index is 12.9. The molecule has 4 rings (SSSR count). The number of aromatic hydroxyl groups is 1. The largest absolute Gasteiger partial charge is 0.501 e. The average molecular weight is 462 g/mol. The van der Waals surface area contributed by atoms with Crippen molar-refractivity contribution in [3.63, 3.8) is 0 Å². The van der Waals surface area contributed by atoms with Crippen molar-refractivity contribution in [1.29, 1.82) is 0 Å². The van der Waals surface area contributed by atoms with Crippen LogP contribution in [0.2, 0.25) is 0 Å². The van der Waals surface area contributed by atoms with E-state index in [-0.39, 0.29) is 5.82 Å². The molecular formula is C23H18N4O5S. The molecule has 0 aliphatic heterocycles. The van der Waals surface area contributed by atoms with Crippen molar-refractivity contribution in [3.8, 4) is 16.5 Å². The second kappa shape index (κ2) is 9.37. The molecule has 2 aromatic heterocycles. The summed E-state index contributed by atoms with van der Waals surface area (Å²) in [6.45, 7) is 0. The molecule has 0 atom stereocenters. The van der Waals surface area contributed by atoms with Crippen LogP contribution in [0.1, 0.15) is 27.7 Å². The van der Waals surface area contributed by atoms with Crippen LogP contribution >= 0.6 is 11.3 Å². The maximum atomic E-state index is 12.9. The molecule has 0 bridgehead atoms. The number of aromatic nitrogens is 2. The van der Waals surface area contributed by atoms with E-state index in [9.17, 15) is 24.6 Å². The zero-order valence-corrected chi connectivity index (χ0v) is 17.8. The van der Waals surface area contributed by atoms with E-state index in [4.69, 9.17) is 0 Å². The molecule has 4 aromatic rings. The third-order valence-corrected chi connectivity index (χ3v) is 5.69. The van der Waals surface area contributed by atoms with E-state index in [0.29, 0.717) is 10.6 Å². The molecule has 5 N–H and O–H groups in total. The van der Waals surface area contributed by atoms with Crippen molar-refractivity contribution in [3.05, 3.63) is 99.3 Å². The van der Waals surface area contributed by atoms with E-state index in [2.05, 4.69) is 20.6 Å². The van der Waals surface area contributed by atoms with Crippen molar-refractivity contribution >= 4 is 29.0 Å². The number of carboxylic acid groups (broad SMARTS) is 1. The minimum absolute atomic E-state index is 0.0804. The van der Waals surface area contributed by atoms with Gasteiger partial charge in [0.05, 0.1) is 16.6 Å². The van der Waals surface area contributed by atoms with E-state index in [1.54, 1.807) is 11.4 Å². The van der Waals surface area contributed by atoms with Crippen LogP contribution in [0, 0.1) is 0 Å². The molecule has 2 aromatic carbocycles. The van der Waals surface area contributed by atoms with Gasteiger partial charge in [-0.05, 0) is 22.6 Å². The van der Waals surface area contributed by atoms with Gasteiger partial charge in [-0.3, -0.25) is 4.79 Å². The number of carbonyl (C=O) groups is 2. The maximum Gasteiger partial charge on any atom is 0.358 e. The van der Waals surface area contributed by atoms with Crippen LogP contribution in [-0.4, -0.2) is 32.2 Å². The van der Waals surface area contributed by atoms with Crippen LogP contribution < -0.4 is 16.2 Å². The summed E-state index contributed by atoms with van der Waals surface area (Å²) in [6, 6.07) is 19.6. The lowest BCUT2D eigenvalue weighted by Gasteiger charge is -2.20. The van der Waals surface area contributed by atoms with Gasteiger partial charge >= 0.3 is 12.0 Å². The van der Waals surface area contributed by atoms with Crippen LogP contribution in [0.15, 0.2) is 76.9 Å². The number of nitrogens with one attached hydrogen (secondary N) is 3. The van der Waals surface area contributed by atoms with Gasteiger partial charge in [0.2, 0.25) is 5.75 Å². The average Bonchev–Trinajstić information content (AvgIpc) is 3.28. The van der Waals surface area contributed by atoms with Gasteiger partial charge in [-0.1, -0.05) is 60.7 Å². The summed E-state index contributed by atoms with van der Waals surface area (Å²) < 4.78 is 0. The van der Waals surface area contributed by atoms with Gasteiger partial charge in [-0.25, -0.2) is 14.6 Å². The molecule has 166 valence electrons. The Bertz CT molecular complexity index is 1310. The number of thiophene rings is 1. The van der Waals surface area contributed by atoms with Crippen LogP contribution in [-0.2, 0) is 0 Å². The number of aromatic amines is 1. The Hall–Kier alpha value is -4.44. The van der Waals surface area contributed by atoms with Crippen LogP contribution in [0.5, 0.6) is 5.75 Å². The van der Waals surface area contributed by atoms with Gasteiger partial charge in [0, 0.05) is 0 Å². The molecule has 0 aliphatic rings. The number of rotatable bonds is 6. The fraction of sp³-hybridized carbons (Fsp3) is 0.0435. The Labute approximate surface area is 191 Å². The topological polar surface area (TPSA) is 144 Å². The fourth-order valence-electron chi connectivity index (χ4n) is 3.25. The van der Waals surface area contributed by atoms with Crippen molar-refractivity contribution in [2.24, 2.45) is 0 Å². The first kappa shape index (κ1) is 21.8. The Morgan fingerprint density at radius 2 is 1.58 bits per heavy atom. The highest BCUT2D eigenvalue weighted by atomic mass is 32.1. The lowest BCUT2D eigenvalue weighted by Crippen LogP contribution is -2.33. The van der Waals surface area contributed by atoms with Crippen LogP contribution in [0.4, 0.5) is 10.5 Å². The zero-order chi connectivity index (χ0) is 23.4. The molecule has 0 saturated heterocycles. The van der Waals surface area contributed by atoms with Gasteiger partial charge < -0.3 is 25.8 Å². The minimum atomic E-state index is -1.54. The Kier molecular flexibility index (Phi) is 6.18. The molecule has 10 heteroatoms. The second-order valence-electron chi connectivity index (χ2n) is 6.93. The van der Waals surface area contributed by atoms with Crippen molar-refractivity contribution in [2.45, 2.75) is 6.04 Å². The van der Waals surface area contributed by atoms with E-state index in [1.165, 1.54) is 0 Å². The monoisotopic (exact) mass is 462 g/mol. The molecular weight excluding hydrogens is 444 g/mol. The molecule has 0 fully saturated rings. The number of carboxylic acids is 1. The number of hydrogen-bond acceptors (Lipinski definition) is 6. The number of hydrogen-bond donors (Lipinski definition) is 5. The first-order chi connectivity index (χ1) is 15.9. The number of amides is 2. The third kappa shape index (κ3) is 4.75. The molecule has 0 aliphatic carbocycles. The number of carbonyl (C=O) groups excluding carboxylic acids is 1. The molecule has 0 spiro atoms. The molecule has 33 heavy (non-hydrogen) atoms. The lowest BCUT2D eigenvalue weighted by atomic mass is 9.99. The van der Waals surface area contributed by atoms with Crippen molar-refractivity contribution in [2.75, 3.05) is 5.32 Å². The highest BCUT2D eigenvalue weighted by Gasteiger charge is 2.21. The summed E-state index contributed by atoms with van der Waals surface area (Å²) in [4.78, 5) is 42.7. The van der Waals surface area contributed by atoms with E-state index < -0.39 is 35.0 Å². The molecule has 2 heterocycles. The zero-order valence-electron chi connectivity index (χ0n) is 17.0. The van der Waals surface area contributed by atoms with Gasteiger partial charge in [-0.15, -0.1) is 11.3 Å². The molecule has 0 unspecified atom stereocenters. The fourth-order valence-corrected chi connectivity index (χ4v) is 4.05. The minimum Gasteiger partial charge on any atom is -0.501 e. The Balaban J connectivity index is 1.61. The van der Waals surface area contributed by atoms with Crippen LogP contribution in [0.25, 0.3) is 10.7 Å². The standard InChI is InChI=1S/C23H18N4O5S/c28-18-17(22(30)31)25-20(27-21(18)29)19-15(11-12-33-19)24-23(32)26-16(13-7-3-1-4-8-13)14-9-5-2-6-10-14/h1-12,16,28H,(H,30,31)(H2,24,26,32)(H,25,27,29). The van der Waals surface area contributed by atoms with E-state index in [0.717, 1.165) is 22.5 Å². The van der Waals surface area contributed by atoms with Gasteiger partial charge in [0.25, 0.3) is 5.56 Å². The summed E-state index contributed by atoms with van der Waals surface area (Å²) in [6.07, 6.45) is 0. The number of urea groups is 1. The lowest BCUT2D eigenvalue weighted by molar-refractivity contribution is 0.0686. The SMILES string of the molecule is O=C(Nc1ccsc1-c1nc(C(=O)O)c(O)c(=O)[nH]1)NC(c1ccccc1)c1ccccc1. The number of aromatic carboxylic acids is 1. The molecule has 2 amide bonds.